The second kappa shape index (κ2) is 6.48. The van der Waals surface area contributed by atoms with Crippen LogP contribution >= 0.6 is 0 Å². The number of ether oxygens (including phenoxy) is 1. The van der Waals surface area contributed by atoms with Gasteiger partial charge in [-0.05, 0) is 56.2 Å². The molecule has 0 N–H and O–H groups in total. The number of aromatic nitrogens is 1. The molecule has 0 saturated heterocycles. The van der Waals surface area contributed by atoms with E-state index in [-0.39, 0.29) is 11.5 Å². The number of amides is 1. The van der Waals surface area contributed by atoms with E-state index < -0.39 is 0 Å². The predicted octanol–water partition coefficient (Wildman–Crippen LogP) is 3.58. The van der Waals surface area contributed by atoms with Crippen LogP contribution in [0.5, 0.6) is 5.75 Å². The summed E-state index contributed by atoms with van der Waals surface area (Å²) in [6, 6.07) is 9.77. The third kappa shape index (κ3) is 3.65. The quantitative estimate of drug-likeness (QED) is 0.864. The molecule has 124 valence electrons. The molecule has 0 radical (unpaired) electrons. The highest BCUT2D eigenvalue weighted by atomic mass is 16.5. The molecule has 0 saturated carbocycles. The molecule has 4 nitrogen and oxygen atoms in total. The van der Waals surface area contributed by atoms with E-state index in [0.717, 1.165) is 17.7 Å². The molecule has 0 spiro atoms. The van der Waals surface area contributed by atoms with Crippen LogP contribution in [0.25, 0.3) is 6.08 Å². The van der Waals surface area contributed by atoms with Crippen molar-refractivity contribution in [1.82, 2.24) is 9.88 Å². The first kappa shape index (κ1) is 16.2. The number of hydrogen-bond acceptors (Lipinski definition) is 3. The van der Waals surface area contributed by atoms with Crippen molar-refractivity contribution in [3.05, 3.63) is 65.5 Å². The Balaban J connectivity index is 1.64. The molecule has 3 rings (SSSR count). The first-order valence-electron chi connectivity index (χ1n) is 8.11. The van der Waals surface area contributed by atoms with Gasteiger partial charge in [0.15, 0.2) is 0 Å². The van der Waals surface area contributed by atoms with E-state index in [9.17, 15) is 4.79 Å². The minimum atomic E-state index is -0.259. The summed E-state index contributed by atoms with van der Waals surface area (Å²) in [7, 11) is 1.82. The topological polar surface area (TPSA) is 42.4 Å². The van der Waals surface area contributed by atoms with Gasteiger partial charge in [-0.15, -0.1) is 0 Å². The molecule has 1 aromatic carbocycles. The fourth-order valence-electron chi connectivity index (χ4n) is 2.69. The molecule has 1 aliphatic rings. The second-order valence-electron chi connectivity index (χ2n) is 6.63. The number of hydrogen-bond donors (Lipinski definition) is 0. The molecule has 1 aliphatic heterocycles. The first-order chi connectivity index (χ1) is 11.4. The zero-order valence-corrected chi connectivity index (χ0v) is 14.3. The highest BCUT2D eigenvalue weighted by Gasteiger charge is 2.21. The first-order valence-corrected chi connectivity index (χ1v) is 8.11. The molecule has 0 aliphatic carbocycles. The third-order valence-corrected chi connectivity index (χ3v) is 4.10. The van der Waals surface area contributed by atoms with Crippen LogP contribution in [-0.4, -0.2) is 35.0 Å². The van der Waals surface area contributed by atoms with Gasteiger partial charge in [0.25, 0.3) is 5.91 Å². The van der Waals surface area contributed by atoms with Crippen LogP contribution in [0.1, 0.15) is 35.3 Å². The summed E-state index contributed by atoms with van der Waals surface area (Å²) in [5.74, 6) is 0.900. The smallest absolute Gasteiger partial charge is 0.255 e. The fourth-order valence-corrected chi connectivity index (χ4v) is 2.69. The molecule has 2 heterocycles. The lowest BCUT2D eigenvalue weighted by Crippen LogP contribution is -2.29. The summed E-state index contributed by atoms with van der Waals surface area (Å²) in [4.78, 5) is 18.1. The lowest BCUT2D eigenvalue weighted by molar-refractivity contribution is 0.0796. The van der Waals surface area contributed by atoms with E-state index >= 15 is 0 Å². The van der Waals surface area contributed by atoms with E-state index in [1.807, 2.05) is 27.0 Å². The van der Waals surface area contributed by atoms with Crippen LogP contribution in [0.2, 0.25) is 0 Å². The Labute approximate surface area is 142 Å². The van der Waals surface area contributed by atoms with Gasteiger partial charge in [0.05, 0.1) is 5.56 Å². The molecule has 1 aromatic heterocycles. The van der Waals surface area contributed by atoms with Gasteiger partial charge in [0, 0.05) is 31.5 Å². The summed E-state index contributed by atoms with van der Waals surface area (Å²) >= 11 is 0. The van der Waals surface area contributed by atoms with Crippen molar-refractivity contribution in [2.75, 3.05) is 13.6 Å². The Morgan fingerprint density at radius 1 is 1.29 bits per heavy atom. The van der Waals surface area contributed by atoms with E-state index in [1.54, 1.807) is 29.4 Å². The minimum Gasteiger partial charge on any atom is -0.483 e. The molecule has 2 aromatic rings. The SMILES string of the molecule is CN(CCc1ccc2c(c1)C=CC(C)(C)O2)C(=O)c1cccnc1. The van der Waals surface area contributed by atoms with Gasteiger partial charge in [-0.25, -0.2) is 0 Å². The van der Waals surface area contributed by atoms with Gasteiger partial charge < -0.3 is 9.64 Å². The van der Waals surface area contributed by atoms with E-state index in [0.29, 0.717) is 12.1 Å². The van der Waals surface area contributed by atoms with E-state index in [4.69, 9.17) is 4.74 Å². The number of pyridine rings is 1. The number of likely N-dealkylation sites (N-methyl/N-ethyl adjacent to an activating group) is 1. The Hall–Kier alpha value is -2.62. The number of fused-ring (bicyclic) bond motifs is 1. The summed E-state index contributed by atoms with van der Waals surface area (Å²) < 4.78 is 5.94. The molecule has 0 bridgehead atoms. The van der Waals surface area contributed by atoms with E-state index in [1.165, 1.54) is 5.56 Å². The highest BCUT2D eigenvalue weighted by molar-refractivity contribution is 5.93. The number of carbonyl (C=O) groups is 1. The zero-order valence-electron chi connectivity index (χ0n) is 14.3. The highest BCUT2D eigenvalue weighted by Crippen LogP contribution is 2.31. The summed E-state index contributed by atoms with van der Waals surface area (Å²) in [5.41, 5.74) is 2.63. The number of benzene rings is 1. The number of nitrogens with zero attached hydrogens (tertiary/aromatic N) is 2. The minimum absolute atomic E-state index is 0.00830. The van der Waals surface area contributed by atoms with Crippen LogP contribution in [0, 0.1) is 0 Å². The van der Waals surface area contributed by atoms with Crippen molar-refractivity contribution in [2.24, 2.45) is 0 Å². The Morgan fingerprint density at radius 2 is 2.12 bits per heavy atom. The van der Waals surface area contributed by atoms with Crippen LogP contribution < -0.4 is 4.74 Å². The van der Waals surface area contributed by atoms with Crippen LogP contribution in [0.4, 0.5) is 0 Å². The Morgan fingerprint density at radius 3 is 2.88 bits per heavy atom. The lowest BCUT2D eigenvalue weighted by atomic mass is 10.00. The maximum Gasteiger partial charge on any atom is 0.255 e. The molecule has 0 atom stereocenters. The van der Waals surface area contributed by atoms with Gasteiger partial charge in [-0.3, -0.25) is 9.78 Å². The van der Waals surface area contributed by atoms with Crippen molar-refractivity contribution in [1.29, 1.82) is 0 Å². The monoisotopic (exact) mass is 322 g/mol. The maximum atomic E-state index is 12.3. The second-order valence-corrected chi connectivity index (χ2v) is 6.63. The predicted molar refractivity (Wildman–Crippen MR) is 95.1 cm³/mol. The molecular weight excluding hydrogens is 300 g/mol. The van der Waals surface area contributed by atoms with E-state index in [2.05, 4.69) is 29.3 Å². The molecule has 0 unspecified atom stereocenters. The van der Waals surface area contributed by atoms with Gasteiger partial charge in [0.2, 0.25) is 0 Å². The van der Waals surface area contributed by atoms with Crippen LogP contribution in [-0.2, 0) is 6.42 Å². The summed E-state index contributed by atoms with van der Waals surface area (Å²) in [6.07, 6.45) is 8.24. The zero-order chi connectivity index (χ0) is 17.2. The van der Waals surface area contributed by atoms with Gasteiger partial charge in [-0.1, -0.05) is 12.1 Å². The fraction of sp³-hybridized carbons (Fsp3) is 0.300. The van der Waals surface area contributed by atoms with Crippen LogP contribution in [0.3, 0.4) is 0 Å². The molecule has 0 fully saturated rings. The average molecular weight is 322 g/mol. The number of carbonyl (C=O) groups excluding carboxylic acids is 1. The van der Waals surface area contributed by atoms with Crippen LogP contribution in [0.15, 0.2) is 48.8 Å². The molecule has 1 amide bonds. The molecular formula is C20H22N2O2. The summed E-state index contributed by atoms with van der Waals surface area (Å²) in [5, 5.41) is 0. The normalized spacial score (nSPS) is 14.6. The average Bonchev–Trinajstić information content (AvgIpc) is 2.59. The van der Waals surface area contributed by atoms with Gasteiger partial charge in [-0.2, -0.15) is 0 Å². The van der Waals surface area contributed by atoms with Crippen molar-refractivity contribution < 1.29 is 9.53 Å². The summed E-state index contributed by atoms with van der Waals surface area (Å²) in [6.45, 7) is 4.74. The van der Waals surface area contributed by atoms with Gasteiger partial charge >= 0.3 is 0 Å². The maximum absolute atomic E-state index is 12.3. The van der Waals surface area contributed by atoms with Crippen molar-refractivity contribution >= 4 is 12.0 Å². The van der Waals surface area contributed by atoms with Crippen molar-refractivity contribution in [2.45, 2.75) is 25.9 Å². The lowest BCUT2D eigenvalue weighted by Gasteiger charge is -2.28. The van der Waals surface area contributed by atoms with Crippen molar-refractivity contribution in [3.63, 3.8) is 0 Å². The Kier molecular flexibility index (Phi) is 4.38. The van der Waals surface area contributed by atoms with Crippen molar-refractivity contribution in [3.8, 4) is 5.75 Å². The molecule has 4 heteroatoms. The third-order valence-electron chi connectivity index (χ3n) is 4.10. The standard InChI is InChI=1S/C20H22N2O2/c1-20(2)10-8-16-13-15(6-7-18(16)24-20)9-12-22(3)19(23)17-5-4-11-21-14-17/h4-8,10-11,13-14H,9,12H2,1-3H3. The number of rotatable bonds is 4. The van der Waals surface area contributed by atoms with Gasteiger partial charge in [0.1, 0.15) is 11.4 Å². The largest absolute Gasteiger partial charge is 0.483 e. The Bertz CT molecular complexity index is 766. The molecule has 24 heavy (non-hydrogen) atoms.